The van der Waals surface area contributed by atoms with E-state index in [0.717, 1.165) is 0 Å². The molecule has 1 aromatic carbocycles. The third-order valence-corrected chi connectivity index (χ3v) is 2.11. The zero-order valence-electron chi connectivity index (χ0n) is 7.81. The summed E-state index contributed by atoms with van der Waals surface area (Å²) >= 11 is 0. The quantitative estimate of drug-likeness (QED) is 0.802. The van der Waals surface area contributed by atoms with Gasteiger partial charge in [-0.1, -0.05) is 18.2 Å². The van der Waals surface area contributed by atoms with Crippen LogP contribution in [-0.2, 0) is 6.67 Å². The summed E-state index contributed by atoms with van der Waals surface area (Å²) in [7, 11) is 0. The van der Waals surface area contributed by atoms with Crippen LogP contribution in [0.15, 0.2) is 18.2 Å². The van der Waals surface area contributed by atoms with E-state index in [-0.39, 0.29) is 11.1 Å². The van der Waals surface area contributed by atoms with Crippen LogP contribution < -0.4 is 5.73 Å². The molecule has 0 aliphatic rings. The molecule has 1 rings (SSSR count). The molecule has 0 radical (unpaired) electrons. The Morgan fingerprint density at radius 2 is 1.86 bits per heavy atom. The first-order chi connectivity index (χ1) is 6.57. The second-order valence-corrected chi connectivity index (χ2v) is 3.14. The number of nitrogens with two attached hydrogens (primary N) is 1. The molecule has 0 aromatic heterocycles. The molecule has 0 heterocycles. The Morgan fingerprint density at radius 3 is 2.29 bits per heavy atom. The van der Waals surface area contributed by atoms with Crippen molar-refractivity contribution in [1.82, 2.24) is 0 Å². The predicted molar refractivity (Wildman–Crippen MR) is 48.8 cm³/mol. The van der Waals surface area contributed by atoms with Gasteiger partial charge in [0, 0.05) is 11.6 Å². The Bertz CT molecular complexity index is 284. The molecule has 0 aliphatic heterocycles. The number of halogens is 3. The minimum absolute atomic E-state index is 0.0255. The predicted octanol–water partition coefficient (Wildman–Crippen LogP) is 3.11. The van der Waals surface area contributed by atoms with Crippen LogP contribution in [0.1, 0.15) is 36.1 Å². The van der Waals surface area contributed by atoms with Crippen molar-refractivity contribution in [2.75, 3.05) is 0 Å². The standard InChI is InChI=1S/C10H12F3N/c1-6(14)7-3-2-4-8(10(12)13)9(7)5-11/h2-4,6,10H,5,14H2,1H3. The van der Waals surface area contributed by atoms with Crippen molar-refractivity contribution < 1.29 is 13.2 Å². The fourth-order valence-corrected chi connectivity index (χ4v) is 1.41. The molecule has 4 heteroatoms. The number of hydrogen-bond donors (Lipinski definition) is 1. The van der Waals surface area contributed by atoms with E-state index in [1.807, 2.05) is 0 Å². The Balaban J connectivity index is 3.25. The summed E-state index contributed by atoms with van der Waals surface area (Å²) in [4.78, 5) is 0. The monoisotopic (exact) mass is 203 g/mol. The maximum Gasteiger partial charge on any atom is 0.264 e. The fourth-order valence-electron chi connectivity index (χ4n) is 1.41. The van der Waals surface area contributed by atoms with Crippen LogP contribution >= 0.6 is 0 Å². The van der Waals surface area contributed by atoms with Gasteiger partial charge in [-0.05, 0) is 18.1 Å². The average Bonchev–Trinajstić information content (AvgIpc) is 2.16. The summed E-state index contributed by atoms with van der Waals surface area (Å²) in [5.74, 6) is 0. The third kappa shape index (κ3) is 2.07. The summed E-state index contributed by atoms with van der Waals surface area (Å²) < 4.78 is 37.5. The molecule has 0 saturated carbocycles. The summed E-state index contributed by atoms with van der Waals surface area (Å²) in [6.07, 6.45) is -2.65. The summed E-state index contributed by atoms with van der Waals surface area (Å²) in [5, 5.41) is 0. The molecule has 1 nitrogen and oxygen atoms in total. The average molecular weight is 203 g/mol. The van der Waals surface area contributed by atoms with Gasteiger partial charge in [-0.15, -0.1) is 0 Å². The maximum absolute atomic E-state index is 12.6. The second-order valence-electron chi connectivity index (χ2n) is 3.14. The van der Waals surface area contributed by atoms with Crippen molar-refractivity contribution in [1.29, 1.82) is 0 Å². The molecule has 2 N–H and O–H groups in total. The second kappa shape index (κ2) is 4.46. The lowest BCUT2D eigenvalue weighted by Gasteiger charge is -2.14. The first-order valence-corrected chi connectivity index (χ1v) is 4.29. The van der Waals surface area contributed by atoms with Crippen LogP contribution in [0.5, 0.6) is 0 Å². The molecule has 0 amide bonds. The molecular formula is C10H12F3N. The highest BCUT2D eigenvalue weighted by Gasteiger charge is 2.17. The van der Waals surface area contributed by atoms with Crippen molar-refractivity contribution >= 4 is 0 Å². The molecule has 0 saturated heterocycles. The highest BCUT2D eigenvalue weighted by atomic mass is 19.3. The van der Waals surface area contributed by atoms with Crippen LogP contribution in [0.4, 0.5) is 13.2 Å². The largest absolute Gasteiger partial charge is 0.324 e. The van der Waals surface area contributed by atoms with Crippen LogP contribution in [-0.4, -0.2) is 0 Å². The molecule has 0 aliphatic carbocycles. The van der Waals surface area contributed by atoms with Gasteiger partial charge in [-0.2, -0.15) is 0 Å². The highest BCUT2D eigenvalue weighted by molar-refractivity contribution is 5.37. The molecule has 0 spiro atoms. The van der Waals surface area contributed by atoms with Crippen LogP contribution in [0.2, 0.25) is 0 Å². The van der Waals surface area contributed by atoms with Crippen molar-refractivity contribution in [3.05, 3.63) is 34.9 Å². The van der Waals surface area contributed by atoms with Gasteiger partial charge < -0.3 is 5.73 Å². The van der Waals surface area contributed by atoms with E-state index < -0.39 is 19.1 Å². The van der Waals surface area contributed by atoms with Crippen LogP contribution in [0.3, 0.4) is 0 Å². The molecule has 78 valence electrons. The fraction of sp³-hybridized carbons (Fsp3) is 0.400. The Hall–Kier alpha value is -1.03. The molecule has 1 aromatic rings. The normalized spacial score (nSPS) is 13.3. The van der Waals surface area contributed by atoms with Crippen molar-refractivity contribution in [3.63, 3.8) is 0 Å². The molecular weight excluding hydrogens is 191 g/mol. The van der Waals surface area contributed by atoms with E-state index in [1.165, 1.54) is 12.1 Å². The zero-order chi connectivity index (χ0) is 10.7. The van der Waals surface area contributed by atoms with E-state index >= 15 is 0 Å². The van der Waals surface area contributed by atoms with Gasteiger partial charge in [0.05, 0.1) is 0 Å². The topological polar surface area (TPSA) is 26.0 Å². The van der Waals surface area contributed by atoms with Gasteiger partial charge in [0.25, 0.3) is 6.43 Å². The number of alkyl halides is 3. The zero-order valence-corrected chi connectivity index (χ0v) is 7.81. The third-order valence-electron chi connectivity index (χ3n) is 2.11. The summed E-state index contributed by atoms with van der Waals surface area (Å²) in [6.45, 7) is 0.737. The Morgan fingerprint density at radius 1 is 1.29 bits per heavy atom. The maximum atomic E-state index is 12.6. The van der Waals surface area contributed by atoms with E-state index in [0.29, 0.717) is 5.56 Å². The van der Waals surface area contributed by atoms with Crippen molar-refractivity contribution in [2.24, 2.45) is 5.73 Å². The smallest absolute Gasteiger partial charge is 0.264 e. The van der Waals surface area contributed by atoms with E-state index in [1.54, 1.807) is 13.0 Å². The van der Waals surface area contributed by atoms with Gasteiger partial charge in [-0.3, -0.25) is 0 Å². The lowest BCUT2D eigenvalue weighted by atomic mass is 9.98. The van der Waals surface area contributed by atoms with Crippen LogP contribution in [0, 0.1) is 0 Å². The van der Waals surface area contributed by atoms with E-state index in [4.69, 9.17) is 5.73 Å². The van der Waals surface area contributed by atoms with Crippen molar-refractivity contribution in [3.8, 4) is 0 Å². The number of hydrogen-bond acceptors (Lipinski definition) is 1. The Kier molecular flexibility index (Phi) is 3.52. The molecule has 1 atom stereocenters. The minimum atomic E-state index is -2.65. The molecule has 0 bridgehead atoms. The number of rotatable bonds is 3. The number of benzene rings is 1. The highest BCUT2D eigenvalue weighted by Crippen LogP contribution is 2.28. The van der Waals surface area contributed by atoms with Gasteiger partial charge >= 0.3 is 0 Å². The first kappa shape index (κ1) is 11.0. The van der Waals surface area contributed by atoms with Crippen molar-refractivity contribution in [2.45, 2.75) is 26.1 Å². The minimum Gasteiger partial charge on any atom is -0.324 e. The first-order valence-electron chi connectivity index (χ1n) is 4.29. The van der Waals surface area contributed by atoms with E-state index in [2.05, 4.69) is 0 Å². The Labute approximate surface area is 80.7 Å². The molecule has 0 fully saturated rings. The van der Waals surface area contributed by atoms with Gasteiger partial charge in [0.1, 0.15) is 6.67 Å². The van der Waals surface area contributed by atoms with E-state index in [9.17, 15) is 13.2 Å². The summed E-state index contributed by atoms with van der Waals surface area (Å²) in [5.41, 5.74) is 5.76. The lowest BCUT2D eigenvalue weighted by molar-refractivity contribution is 0.149. The lowest BCUT2D eigenvalue weighted by Crippen LogP contribution is -2.09. The SMILES string of the molecule is CC(N)c1cccc(C(F)F)c1CF. The molecule has 14 heavy (non-hydrogen) atoms. The van der Waals surface area contributed by atoms with Crippen LogP contribution in [0.25, 0.3) is 0 Å². The van der Waals surface area contributed by atoms with Gasteiger partial charge in [0.15, 0.2) is 0 Å². The molecule has 1 unspecified atom stereocenters. The summed E-state index contributed by atoms with van der Waals surface area (Å²) in [6, 6.07) is 3.84. The van der Waals surface area contributed by atoms with Gasteiger partial charge in [-0.25, -0.2) is 13.2 Å². The van der Waals surface area contributed by atoms with Gasteiger partial charge in [0.2, 0.25) is 0 Å².